The molecule has 0 heterocycles. The Morgan fingerprint density at radius 2 is 1.40 bits per heavy atom. The second-order valence-corrected chi connectivity index (χ2v) is 9.70. The van der Waals surface area contributed by atoms with Crippen molar-refractivity contribution in [3.63, 3.8) is 0 Å². The summed E-state index contributed by atoms with van der Waals surface area (Å²) < 4.78 is 63.1. The van der Waals surface area contributed by atoms with Crippen LogP contribution in [0.2, 0.25) is 0 Å². The van der Waals surface area contributed by atoms with Crippen molar-refractivity contribution >= 4 is 19.9 Å². The molecule has 2 aromatic rings. The molecule has 5 nitrogen and oxygen atoms in total. The Bertz CT molecular complexity index is 880. The summed E-state index contributed by atoms with van der Waals surface area (Å²) in [5, 5.41) is 0. The van der Waals surface area contributed by atoms with E-state index in [9.17, 15) is 21.2 Å². The summed E-state index contributed by atoms with van der Waals surface area (Å²) in [5.74, 6) is -0.862. The molecule has 0 spiro atoms. The van der Waals surface area contributed by atoms with Gasteiger partial charge in [0.2, 0.25) is 10.0 Å². The van der Waals surface area contributed by atoms with Gasteiger partial charge >= 0.3 is 0 Å². The molecular formula is C17H20FNO4S2. The Balaban J connectivity index is 1.78. The molecule has 2 aromatic carbocycles. The lowest BCUT2D eigenvalue weighted by Gasteiger charge is -2.08. The van der Waals surface area contributed by atoms with Gasteiger partial charge in [-0.3, -0.25) is 0 Å². The number of hydrogen-bond acceptors (Lipinski definition) is 4. The molecule has 0 saturated heterocycles. The van der Waals surface area contributed by atoms with E-state index in [4.69, 9.17) is 0 Å². The maximum atomic E-state index is 12.8. The first-order chi connectivity index (χ1) is 11.8. The zero-order valence-corrected chi connectivity index (χ0v) is 15.2. The molecule has 0 unspecified atom stereocenters. The van der Waals surface area contributed by atoms with Crippen LogP contribution in [-0.2, 0) is 31.4 Å². The van der Waals surface area contributed by atoms with Crippen molar-refractivity contribution in [2.24, 2.45) is 0 Å². The number of nitrogens with one attached hydrogen (secondary N) is 1. The van der Waals surface area contributed by atoms with E-state index in [1.807, 2.05) is 6.07 Å². The molecule has 0 aliphatic rings. The number of sulfone groups is 1. The van der Waals surface area contributed by atoms with Crippen LogP contribution in [0, 0.1) is 5.82 Å². The smallest absolute Gasteiger partial charge is 0.215 e. The van der Waals surface area contributed by atoms with Crippen LogP contribution in [-0.4, -0.2) is 29.1 Å². The van der Waals surface area contributed by atoms with Crippen LogP contribution in [0.3, 0.4) is 0 Å². The molecule has 0 aliphatic carbocycles. The third-order valence-electron chi connectivity index (χ3n) is 3.45. The van der Waals surface area contributed by atoms with E-state index in [0.29, 0.717) is 11.1 Å². The van der Waals surface area contributed by atoms with Crippen molar-refractivity contribution < 1.29 is 21.2 Å². The Hall–Kier alpha value is -1.77. The second-order valence-electron chi connectivity index (χ2n) is 5.71. The van der Waals surface area contributed by atoms with Crippen molar-refractivity contribution in [2.75, 3.05) is 12.3 Å². The molecule has 2 rings (SSSR count). The van der Waals surface area contributed by atoms with Crippen LogP contribution in [0.1, 0.15) is 17.5 Å². The maximum absolute atomic E-state index is 12.8. The minimum absolute atomic E-state index is 0.0392. The number of benzene rings is 2. The van der Waals surface area contributed by atoms with Crippen molar-refractivity contribution in [2.45, 2.75) is 17.9 Å². The first-order valence-electron chi connectivity index (χ1n) is 7.72. The first-order valence-corrected chi connectivity index (χ1v) is 11.2. The van der Waals surface area contributed by atoms with E-state index in [0.717, 1.165) is 0 Å². The zero-order valence-electron chi connectivity index (χ0n) is 13.6. The summed E-state index contributed by atoms with van der Waals surface area (Å²) in [6.07, 6.45) is 0.192. The molecule has 0 amide bonds. The SMILES string of the molecule is O=S(=O)(CCCNS(=O)(=O)Cc1ccc(F)cc1)Cc1ccccc1. The van der Waals surface area contributed by atoms with Crippen LogP contribution < -0.4 is 4.72 Å². The Kier molecular flexibility index (Phi) is 6.69. The summed E-state index contributed by atoms with van der Waals surface area (Å²) in [4.78, 5) is 0. The highest BCUT2D eigenvalue weighted by atomic mass is 32.2. The number of rotatable bonds is 9. The number of halogens is 1. The average molecular weight is 385 g/mol. The average Bonchev–Trinajstić information content (AvgIpc) is 2.54. The molecule has 0 atom stereocenters. The van der Waals surface area contributed by atoms with Gasteiger partial charge in [-0.2, -0.15) is 0 Å². The maximum Gasteiger partial charge on any atom is 0.215 e. The first kappa shape index (κ1) is 19.6. The van der Waals surface area contributed by atoms with Gasteiger partial charge in [-0.05, 0) is 29.7 Å². The lowest BCUT2D eigenvalue weighted by atomic mass is 10.2. The van der Waals surface area contributed by atoms with Gasteiger partial charge in [0.05, 0.1) is 17.3 Å². The third-order valence-corrected chi connectivity index (χ3v) is 6.49. The summed E-state index contributed by atoms with van der Waals surface area (Å²) in [6.45, 7) is 0.0392. The van der Waals surface area contributed by atoms with Crippen LogP contribution >= 0.6 is 0 Å². The van der Waals surface area contributed by atoms with Crippen molar-refractivity contribution in [3.05, 3.63) is 71.5 Å². The standard InChI is InChI=1S/C17H20FNO4S2/c18-17-9-7-16(8-10-17)14-25(22,23)19-11-4-12-24(20,21)13-15-5-2-1-3-6-15/h1-3,5-10,19H,4,11-14H2. The van der Waals surface area contributed by atoms with Gasteiger partial charge < -0.3 is 0 Å². The normalized spacial score (nSPS) is 12.2. The summed E-state index contributed by atoms with van der Waals surface area (Å²) in [5.41, 5.74) is 1.17. The summed E-state index contributed by atoms with van der Waals surface area (Å²) in [7, 11) is -6.88. The predicted molar refractivity (Wildman–Crippen MR) is 95.6 cm³/mol. The Labute approximate surface area is 147 Å². The minimum Gasteiger partial charge on any atom is -0.228 e. The molecule has 0 aromatic heterocycles. The van der Waals surface area contributed by atoms with E-state index in [2.05, 4.69) is 4.72 Å². The lowest BCUT2D eigenvalue weighted by molar-refractivity contribution is 0.575. The zero-order chi connectivity index (χ0) is 18.3. The van der Waals surface area contributed by atoms with Crippen molar-refractivity contribution in [3.8, 4) is 0 Å². The van der Waals surface area contributed by atoms with E-state index in [-0.39, 0.29) is 30.2 Å². The third kappa shape index (κ3) is 7.33. The minimum atomic E-state index is -3.59. The fourth-order valence-corrected chi connectivity index (χ4v) is 4.89. The van der Waals surface area contributed by atoms with E-state index >= 15 is 0 Å². The number of hydrogen-bond donors (Lipinski definition) is 1. The quantitative estimate of drug-likeness (QED) is 0.672. The summed E-state index contributed by atoms with van der Waals surface area (Å²) in [6, 6.07) is 14.0. The summed E-state index contributed by atoms with van der Waals surface area (Å²) >= 11 is 0. The fourth-order valence-electron chi connectivity index (χ4n) is 2.27. The molecule has 0 radical (unpaired) electrons. The molecule has 0 aliphatic heterocycles. The fraction of sp³-hybridized carbons (Fsp3) is 0.294. The van der Waals surface area contributed by atoms with Crippen LogP contribution in [0.25, 0.3) is 0 Å². The van der Waals surface area contributed by atoms with Gasteiger partial charge in [-0.1, -0.05) is 42.5 Å². The van der Waals surface area contributed by atoms with E-state index in [1.54, 1.807) is 24.3 Å². The predicted octanol–water partition coefficient (Wildman–Crippen LogP) is 2.25. The highest BCUT2D eigenvalue weighted by molar-refractivity contribution is 7.90. The lowest BCUT2D eigenvalue weighted by Crippen LogP contribution is -2.27. The van der Waals surface area contributed by atoms with Gasteiger partial charge in [0.25, 0.3) is 0 Å². The molecule has 0 bridgehead atoms. The molecular weight excluding hydrogens is 365 g/mol. The van der Waals surface area contributed by atoms with Gasteiger partial charge in [0, 0.05) is 6.54 Å². The largest absolute Gasteiger partial charge is 0.228 e. The van der Waals surface area contributed by atoms with Gasteiger partial charge in [0.15, 0.2) is 9.84 Å². The topological polar surface area (TPSA) is 80.3 Å². The molecule has 0 saturated carbocycles. The van der Waals surface area contributed by atoms with Gasteiger partial charge in [-0.25, -0.2) is 25.9 Å². The van der Waals surface area contributed by atoms with Crippen molar-refractivity contribution in [1.82, 2.24) is 4.72 Å². The molecule has 0 fully saturated rings. The van der Waals surface area contributed by atoms with E-state index < -0.39 is 25.7 Å². The monoisotopic (exact) mass is 385 g/mol. The molecule has 136 valence electrons. The highest BCUT2D eigenvalue weighted by Crippen LogP contribution is 2.08. The van der Waals surface area contributed by atoms with Gasteiger partial charge in [-0.15, -0.1) is 0 Å². The Morgan fingerprint density at radius 1 is 0.800 bits per heavy atom. The molecule has 25 heavy (non-hydrogen) atoms. The van der Waals surface area contributed by atoms with Crippen LogP contribution in [0.4, 0.5) is 4.39 Å². The number of sulfonamides is 1. The van der Waals surface area contributed by atoms with Crippen LogP contribution in [0.15, 0.2) is 54.6 Å². The van der Waals surface area contributed by atoms with Gasteiger partial charge in [0.1, 0.15) is 5.82 Å². The van der Waals surface area contributed by atoms with E-state index in [1.165, 1.54) is 24.3 Å². The van der Waals surface area contributed by atoms with Crippen LogP contribution in [0.5, 0.6) is 0 Å². The highest BCUT2D eigenvalue weighted by Gasteiger charge is 2.14. The second kappa shape index (κ2) is 8.55. The van der Waals surface area contributed by atoms with Crippen molar-refractivity contribution in [1.29, 1.82) is 0 Å². The molecule has 1 N–H and O–H groups in total. The Morgan fingerprint density at radius 3 is 2.04 bits per heavy atom. The molecule has 8 heteroatoms.